The third-order valence-corrected chi connectivity index (χ3v) is 2.63. The standard InChI is InChI=1S/C15H22N2O3/c1-3-9-20-10-5-8-16-15(19)17-14-7-4-6-13(11-14)12(2)18/h4,6-7,11H,3,5,8-10H2,1-2H3,(H2,16,17,19). The van der Waals surface area contributed by atoms with Crippen LogP contribution < -0.4 is 10.6 Å². The van der Waals surface area contributed by atoms with E-state index in [4.69, 9.17) is 4.74 Å². The Bertz CT molecular complexity index is 446. The van der Waals surface area contributed by atoms with Crippen molar-refractivity contribution in [2.24, 2.45) is 0 Å². The van der Waals surface area contributed by atoms with Gasteiger partial charge in [0.2, 0.25) is 0 Å². The first-order valence-corrected chi connectivity index (χ1v) is 6.87. The van der Waals surface area contributed by atoms with Gasteiger partial charge in [-0.05, 0) is 31.9 Å². The van der Waals surface area contributed by atoms with Crippen LogP contribution >= 0.6 is 0 Å². The number of Topliss-reactive ketones (excluding diaryl/α,β-unsaturated/α-hetero) is 1. The van der Waals surface area contributed by atoms with Gasteiger partial charge in [-0.1, -0.05) is 19.1 Å². The molecule has 0 atom stereocenters. The van der Waals surface area contributed by atoms with Crippen molar-refractivity contribution < 1.29 is 14.3 Å². The number of carbonyl (C=O) groups excluding carboxylic acids is 2. The highest BCUT2D eigenvalue weighted by Crippen LogP contribution is 2.10. The minimum atomic E-state index is -0.277. The summed E-state index contributed by atoms with van der Waals surface area (Å²) in [6.07, 6.45) is 1.78. The van der Waals surface area contributed by atoms with Crippen LogP contribution in [0.25, 0.3) is 0 Å². The van der Waals surface area contributed by atoms with Gasteiger partial charge in [-0.15, -0.1) is 0 Å². The van der Waals surface area contributed by atoms with Crippen molar-refractivity contribution in [1.29, 1.82) is 0 Å². The van der Waals surface area contributed by atoms with Crippen LogP contribution in [0.4, 0.5) is 10.5 Å². The van der Waals surface area contributed by atoms with Crippen LogP contribution in [-0.2, 0) is 4.74 Å². The summed E-state index contributed by atoms with van der Waals surface area (Å²) in [5.41, 5.74) is 1.19. The van der Waals surface area contributed by atoms with Gasteiger partial charge in [0.1, 0.15) is 0 Å². The van der Waals surface area contributed by atoms with E-state index in [-0.39, 0.29) is 11.8 Å². The van der Waals surface area contributed by atoms with E-state index in [2.05, 4.69) is 17.6 Å². The number of carbonyl (C=O) groups is 2. The number of anilines is 1. The number of rotatable bonds is 8. The molecular weight excluding hydrogens is 256 g/mol. The van der Waals surface area contributed by atoms with Gasteiger partial charge in [0.15, 0.2) is 5.78 Å². The van der Waals surface area contributed by atoms with E-state index in [0.29, 0.717) is 24.4 Å². The third-order valence-electron chi connectivity index (χ3n) is 2.63. The summed E-state index contributed by atoms with van der Waals surface area (Å²) in [4.78, 5) is 22.9. The Balaban J connectivity index is 2.28. The Labute approximate surface area is 119 Å². The highest BCUT2D eigenvalue weighted by molar-refractivity contribution is 5.96. The average molecular weight is 278 g/mol. The maximum atomic E-state index is 11.6. The van der Waals surface area contributed by atoms with Gasteiger partial charge in [-0.3, -0.25) is 4.79 Å². The van der Waals surface area contributed by atoms with E-state index in [1.54, 1.807) is 24.3 Å². The molecule has 0 heterocycles. The molecule has 2 amide bonds. The van der Waals surface area contributed by atoms with E-state index in [1.807, 2.05) is 0 Å². The number of amides is 2. The lowest BCUT2D eigenvalue weighted by molar-refractivity contribution is 0.101. The minimum absolute atomic E-state index is 0.0258. The first-order valence-electron chi connectivity index (χ1n) is 6.87. The van der Waals surface area contributed by atoms with Crippen LogP contribution in [-0.4, -0.2) is 31.6 Å². The molecule has 0 aliphatic heterocycles. The number of urea groups is 1. The zero-order valence-corrected chi connectivity index (χ0v) is 12.1. The lowest BCUT2D eigenvalue weighted by Crippen LogP contribution is -2.30. The summed E-state index contributed by atoms with van der Waals surface area (Å²) < 4.78 is 5.32. The second kappa shape index (κ2) is 9.09. The van der Waals surface area contributed by atoms with E-state index in [1.165, 1.54) is 6.92 Å². The van der Waals surface area contributed by atoms with Crippen molar-refractivity contribution >= 4 is 17.5 Å². The number of ketones is 1. The Morgan fingerprint density at radius 2 is 2.05 bits per heavy atom. The topological polar surface area (TPSA) is 67.4 Å². The molecular formula is C15H22N2O3. The Morgan fingerprint density at radius 1 is 1.25 bits per heavy atom. The number of nitrogens with one attached hydrogen (secondary N) is 2. The molecule has 1 aromatic rings. The van der Waals surface area contributed by atoms with Crippen LogP contribution in [0.5, 0.6) is 0 Å². The fourth-order valence-electron chi connectivity index (χ4n) is 1.61. The van der Waals surface area contributed by atoms with Crippen molar-refractivity contribution in [3.05, 3.63) is 29.8 Å². The van der Waals surface area contributed by atoms with Crippen molar-refractivity contribution in [3.63, 3.8) is 0 Å². The van der Waals surface area contributed by atoms with Crippen LogP contribution in [0, 0.1) is 0 Å². The molecule has 0 aromatic heterocycles. The fraction of sp³-hybridized carbons (Fsp3) is 0.467. The van der Waals surface area contributed by atoms with Crippen LogP contribution in [0.15, 0.2) is 24.3 Å². The van der Waals surface area contributed by atoms with Gasteiger partial charge in [-0.2, -0.15) is 0 Å². The molecule has 0 saturated carbocycles. The van der Waals surface area contributed by atoms with Crippen LogP contribution in [0.2, 0.25) is 0 Å². The molecule has 1 rings (SSSR count). The largest absolute Gasteiger partial charge is 0.381 e. The van der Waals surface area contributed by atoms with E-state index < -0.39 is 0 Å². The molecule has 5 nitrogen and oxygen atoms in total. The number of benzene rings is 1. The van der Waals surface area contributed by atoms with Crippen molar-refractivity contribution in [2.45, 2.75) is 26.7 Å². The Hall–Kier alpha value is -1.88. The molecule has 0 bridgehead atoms. The third kappa shape index (κ3) is 6.33. The molecule has 0 radical (unpaired) electrons. The summed E-state index contributed by atoms with van der Waals surface area (Å²) in [5, 5.41) is 5.44. The Kier molecular flexibility index (Phi) is 7.35. The van der Waals surface area contributed by atoms with Gasteiger partial charge < -0.3 is 15.4 Å². The molecule has 0 saturated heterocycles. The van der Waals surface area contributed by atoms with Crippen molar-refractivity contribution in [1.82, 2.24) is 5.32 Å². The van der Waals surface area contributed by atoms with Crippen LogP contribution in [0.3, 0.4) is 0 Å². The molecule has 0 fully saturated rings. The summed E-state index contributed by atoms with van der Waals surface area (Å²) in [6.45, 7) is 5.51. The summed E-state index contributed by atoms with van der Waals surface area (Å²) in [6, 6.07) is 6.59. The molecule has 110 valence electrons. The average Bonchev–Trinajstić information content (AvgIpc) is 2.43. The number of hydrogen-bond donors (Lipinski definition) is 2. The van der Waals surface area contributed by atoms with Gasteiger partial charge in [0.25, 0.3) is 0 Å². The van der Waals surface area contributed by atoms with Gasteiger partial charge >= 0.3 is 6.03 Å². The highest BCUT2D eigenvalue weighted by Gasteiger charge is 2.03. The molecule has 0 aliphatic rings. The predicted octanol–water partition coefficient (Wildman–Crippen LogP) is 2.83. The van der Waals surface area contributed by atoms with E-state index in [0.717, 1.165) is 19.4 Å². The van der Waals surface area contributed by atoms with Crippen molar-refractivity contribution in [2.75, 3.05) is 25.1 Å². The highest BCUT2D eigenvalue weighted by atomic mass is 16.5. The second-order valence-corrected chi connectivity index (χ2v) is 4.48. The van der Waals surface area contributed by atoms with E-state index in [9.17, 15) is 9.59 Å². The molecule has 20 heavy (non-hydrogen) atoms. The van der Waals surface area contributed by atoms with Crippen molar-refractivity contribution in [3.8, 4) is 0 Å². The molecule has 0 unspecified atom stereocenters. The van der Waals surface area contributed by atoms with Gasteiger partial charge in [0.05, 0.1) is 0 Å². The lowest BCUT2D eigenvalue weighted by atomic mass is 10.1. The van der Waals surface area contributed by atoms with Gasteiger partial charge in [-0.25, -0.2) is 4.79 Å². The summed E-state index contributed by atoms with van der Waals surface area (Å²) in [7, 11) is 0. The molecule has 0 aliphatic carbocycles. The maximum absolute atomic E-state index is 11.6. The van der Waals surface area contributed by atoms with E-state index >= 15 is 0 Å². The fourth-order valence-corrected chi connectivity index (χ4v) is 1.61. The number of ether oxygens (including phenoxy) is 1. The molecule has 5 heteroatoms. The number of hydrogen-bond acceptors (Lipinski definition) is 3. The smallest absolute Gasteiger partial charge is 0.319 e. The predicted molar refractivity (Wildman–Crippen MR) is 79.2 cm³/mol. The van der Waals surface area contributed by atoms with Gasteiger partial charge in [0, 0.05) is 31.0 Å². The molecule has 1 aromatic carbocycles. The molecule has 0 spiro atoms. The SMILES string of the molecule is CCCOCCCNC(=O)Nc1cccc(C(C)=O)c1. The summed E-state index contributed by atoms with van der Waals surface area (Å²) in [5.74, 6) is -0.0258. The maximum Gasteiger partial charge on any atom is 0.319 e. The minimum Gasteiger partial charge on any atom is -0.381 e. The second-order valence-electron chi connectivity index (χ2n) is 4.48. The molecule has 2 N–H and O–H groups in total. The first kappa shape index (κ1) is 16.2. The normalized spacial score (nSPS) is 10.1. The quantitative estimate of drug-likeness (QED) is 0.567. The summed E-state index contributed by atoms with van der Waals surface area (Å²) >= 11 is 0. The zero-order valence-electron chi connectivity index (χ0n) is 12.1. The van der Waals surface area contributed by atoms with Crippen LogP contribution in [0.1, 0.15) is 37.0 Å². The zero-order chi connectivity index (χ0) is 14.8. The Morgan fingerprint density at radius 3 is 2.75 bits per heavy atom. The monoisotopic (exact) mass is 278 g/mol. The first-order chi connectivity index (χ1) is 9.63. The lowest BCUT2D eigenvalue weighted by Gasteiger charge is -2.08.